The molecular weight excluding hydrogens is 268 g/mol. The van der Waals surface area contributed by atoms with Crippen molar-refractivity contribution in [2.45, 2.75) is 0 Å². The van der Waals surface area contributed by atoms with Crippen LogP contribution in [0.3, 0.4) is 0 Å². The summed E-state index contributed by atoms with van der Waals surface area (Å²) in [5.74, 6) is -2.20. The van der Waals surface area contributed by atoms with E-state index in [1.165, 1.54) is 29.5 Å². The van der Waals surface area contributed by atoms with E-state index in [-0.39, 0.29) is 23.3 Å². The summed E-state index contributed by atoms with van der Waals surface area (Å²) in [6.45, 7) is 0. The molecule has 0 atom stereocenters. The Bertz CT molecular complexity index is 757. The Balaban J connectivity index is 2.17. The molecule has 2 N–H and O–H groups in total. The summed E-state index contributed by atoms with van der Waals surface area (Å²) >= 11 is 0. The van der Waals surface area contributed by atoms with Crippen LogP contribution in [0, 0.1) is 11.6 Å². The van der Waals surface area contributed by atoms with E-state index >= 15 is 0 Å². The SMILES string of the molecule is Nc1nc(-c2cccc(F)c2F)nc(-n2cncn2)n1. The van der Waals surface area contributed by atoms with Crippen molar-refractivity contribution in [2.24, 2.45) is 0 Å². The molecule has 100 valence electrons. The molecule has 20 heavy (non-hydrogen) atoms. The van der Waals surface area contributed by atoms with Crippen molar-refractivity contribution in [3.05, 3.63) is 42.5 Å². The third-order valence-corrected chi connectivity index (χ3v) is 2.46. The summed E-state index contributed by atoms with van der Waals surface area (Å²) in [4.78, 5) is 15.4. The van der Waals surface area contributed by atoms with Gasteiger partial charge in [0.1, 0.15) is 12.7 Å². The minimum atomic E-state index is -1.05. The topological polar surface area (TPSA) is 95.4 Å². The summed E-state index contributed by atoms with van der Waals surface area (Å²) in [6.07, 6.45) is 2.63. The Labute approximate surface area is 111 Å². The second kappa shape index (κ2) is 4.61. The summed E-state index contributed by atoms with van der Waals surface area (Å²) in [5.41, 5.74) is 5.44. The third kappa shape index (κ3) is 2.05. The Kier molecular flexibility index (Phi) is 2.78. The fourth-order valence-corrected chi connectivity index (χ4v) is 1.59. The first-order valence-corrected chi connectivity index (χ1v) is 5.46. The molecule has 0 radical (unpaired) electrons. The van der Waals surface area contributed by atoms with Crippen LogP contribution in [0.2, 0.25) is 0 Å². The molecule has 0 amide bonds. The van der Waals surface area contributed by atoms with Crippen molar-refractivity contribution in [3.63, 3.8) is 0 Å². The average molecular weight is 275 g/mol. The fraction of sp³-hybridized carbons (Fsp3) is 0. The van der Waals surface area contributed by atoms with Crippen LogP contribution in [0.5, 0.6) is 0 Å². The predicted molar refractivity (Wildman–Crippen MR) is 64.5 cm³/mol. The Morgan fingerprint density at radius 1 is 1.10 bits per heavy atom. The molecule has 1 aromatic carbocycles. The van der Waals surface area contributed by atoms with Gasteiger partial charge in [0.05, 0.1) is 5.56 Å². The van der Waals surface area contributed by atoms with Gasteiger partial charge in [-0.25, -0.2) is 13.8 Å². The normalized spacial score (nSPS) is 10.7. The summed E-state index contributed by atoms with van der Waals surface area (Å²) in [7, 11) is 0. The highest BCUT2D eigenvalue weighted by molar-refractivity contribution is 5.57. The Hall–Kier alpha value is -2.97. The third-order valence-electron chi connectivity index (χ3n) is 2.46. The van der Waals surface area contributed by atoms with Gasteiger partial charge in [0.15, 0.2) is 17.5 Å². The summed E-state index contributed by atoms with van der Waals surface area (Å²) in [5, 5.41) is 3.83. The number of benzene rings is 1. The standard InChI is InChI=1S/C11H7F2N7/c12-7-3-1-2-6(8(7)13)9-17-10(14)19-11(18-9)20-5-15-4-16-20/h1-5H,(H2,14,17,18,19). The number of rotatable bonds is 2. The lowest BCUT2D eigenvalue weighted by Gasteiger charge is -2.05. The van der Waals surface area contributed by atoms with Gasteiger partial charge in [0.2, 0.25) is 5.95 Å². The van der Waals surface area contributed by atoms with Crippen LogP contribution in [0.1, 0.15) is 0 Å². The quantitative estimate of drug-likeness (QED) is 0.749. The highest BCUT2D eigenvalue weighted by atomic mass is 19.2. The van der Waals surface area contributed by atoms with E-state index in [2.05, 4.69) is 25.0 Å². The zero-order valence-corrected chi connectivity index (χ0v) is 9.90. The lowest BCUT2D eigenvalue weighted by atomic mass is 10.2. The second-order valence-electron chi connectivity index (χ2n) is 3.76. The molecule has 9 heteroatoms. The van der Waals surface area contributed by atoms with Gasteiger partial charge >= 0.3 is 0 Å². The van der Waals surface area contributed by atoms with Gasteiger partial charge in [0.25, 0.3) is 5.95 Å². The van der Waals surface area contributed by atoms with Crippen LogP contribution in [-0.2, 0) is 0 Å². The molecule has 3 aromatic rings. The maximum Gasteiger partial charge on any atom is 0.257 e. The van der Waals surface area contributed by atoms with Gasteiger partial charge in [-0.15, -0.1) is 0 Å². The number of nitrogens with two attached hydrogens (primary N) is 1. The van der Waals surface area contributed by atoms with Gasteiger partial charge < -0.3 is 5.73 Å². The van der Waals surface area contributed by atoms with E-state index < -0.39 is 11.6 Å². The maximum atomic E-state index is 13.7. The van der Waals surface area contributed by atoms with Gasteiger partial charge in [-0.05, 0) is 12.1 Å². The molecule has 0 spiro atoms. The van der Waals surface area contributed by atoms with Crippen LogP contribution in [0.15, 0.2) is 30.9 Å². The summed E-state index contributed by atoms with van der Waals surface area (Å²) in [6, 6.07) is 3.70. The average Bonchev–Trinajstić information content (AvgIpc) is 2.95. The fourth-order valence-electron chi connectivity index (χ4n) is 1.59. The van der Waals surface area contributed by atoms with Crippen molar-refractivity contribution >= 4 is 5.95 Å². The van der Waals surface area contributed by atoms with E-state index in [0.29, 0.717) is 0 Å². The highest BCUT2D eigenvalue weighted by Crippen LogP contribution is 2.21. The monoisotopic (exact) mass is 275 g/mol. The summed E-state index contributed by atoms with van der Waals surface area (Å²) < 4.78 is 28.2. The number of anilines is 1. The maximum absolute atomic E-state index is 13.7. The number of aromatic nitrogens is 6. The zero-order valence-electron chi connectivity index (χ0n) is 9.90. The van der Waals surface area contributed by atoms with Crippen LogP contribution in [0.4, 0.5) is 14.7 Å². The molecule has 3 rings (SSSR count). The molecule has 0 aliphatic carbocycles. The van der Waals surface area contributed by atoms with Crippen LogP contribution >= 0.6 is 0 Å². The number of halogens is 2. The minimum absolute atomic E-state index is 0.0636. The largest absolute Gasteiger partial charge is 0.368 e. The number of hydrogen-bond donors (Lipinski definition) is 1. The molecule has 0 aliphatic heterocycles. The van der Waals surface area contributed by atoms with Crippen LogP contribution in [-0.4, -0.2) is 29.7 Å². The molecule has 2 heterocycles. The van der Waals surface area contributed by atoms with Gasteiger partial charge in [-0.2, -0.15) is 24.7 Å². The number of nitrogen functional groups attached to an aromatic ring is 1. The van der Waals surface area contributed by atoms with E-state index in [9.17, 15) is 8.78 Å². The second-order valence-corrected chi connectivity index (χ2v) is 3.76. The lowest BCUT2D eigenvalue weighted by molar-refractivity contribution is 0.510. The first-order chi connectivity index (χ1) is 9.65. The molecule has 0 saturated carbocycles. The molecule has 0 aliphatic rings. The first kappa shape index (κ1) is 12.1. The smallest absolute Gasteiger partial charge is 0.257 e. The van der Waals surface area contributed by atoms with Crippen molar-refractivity contribution < 1.29 is 8.78 Å². The van der Waals surface area contributed by atoms with Crippen LogP contribution in [0.25, 0.3) is 17.3 Å². The van der Waals surface area contributed by atoms with Gasteiger partial charge in [-0.1, -0.05) is 6.07 Å². The van der Waals surface area contributed by atoms with Crippen LogP contribution < -0.4 is 5.73 Å². The van der Waals surface area contributed by atoms with Crippen molar-refractivity contribution in [1.82, 2.24) is 29.7 Å². The van der Waals surface area contributed by atoms with Crippen molar-refractivity contribution in [2.75, 3.05) is 5.73 Å². The number of nitrogens with zero attached hydrogens (tertiary/aromatic N) is 6. The minimum Gasteiger partial charge on any atom is -0.368 e. The van der Waals surface area contributed by atoms with Gasteiger partial charge in [0, 0.05) is 0 Å². The molecule has 0 fully saturated rings. The van der Waals surface area contributed by atoms with E-state index in [1.54, 1.807) is 0 Å². The predicted octanol–water partition coefficient (Wildman–Crippen LogP) is 0.980. The molecule has 0 bridgehead atoms. The zero-order chi connectivity index (χ0) is 14.1. The van der Waals surface area contributed by atoms with Crippen molar-refractivity contribution in [1.29, 1.82) is 0 Å². The molecule has 0 unspecified atom stereocenters. The Morgan fingerprint density at radius 3 is 2.70 bits per heavy atom. The van der Waals surface area contributed by atoms with Gasteiger partial charge in [-0.3, -0.25) is 0 Å². The lowest BCUT2D eigenvalue weighted by Crippen LogP contribution is -2.08. The van der Waals surface area contributed by atoms with E-state index in [1.807, 2.05) is 0 Å². The molecule has 7 nitrogen and oxygen atoms in total. The molecule has 0 saturated heterocycles. The molecular formula is C11H7F2N7. The highest BCUT2D eigenvalue weighted by Gasteiger charge is 2.15. The van der Waals surface area contributed by atoms with E-state index in [0.717, 1.165) is 6.07 Å². The van der Waals surface area contributed by atoms with Crippen molar-refractivity contribution in [3.8, 4) is 17.3 Å². The molecule has 2 aromatic heterocycles. The first-order valence-electron chi connectivity index (χ1n) is 5.46. The Morgan fingerprint density at radius 2 is 1.95 bits per heavy atom. The van der Waals surface area contributed by atoms with E-state index in [4.69, 9.17) is 5.73 Å². The number of hydrogen-bond acceptors (Lipinski definition) is 6.